The van der Waals surface area contributed by atoms with Gasteiger partial charge in [0.2, 0.25) is 11.8 Å². The highest BCUT2D eigenvalue weighted by molar-refractivity contribution is 5.14. The Morgan fingerprint density at radius 2 is 2.00 bits per heavy atom. The predicted molar refractivity (Wildman–Crippen MR) is 89.8 cm³/mol. The lowest BCUT2D eigenvalue weighted by molar-refractivity contribution is 0.235. The first-order valence-corrected chi connectivity index (χ1v) is 8.49. The molecule has 0 bridgehead atoms. The third-order valence-electron chi connectivity index (χ3n) is 4.41. The van der Waals surface area contributed by atoms with Crippen molar-refractivity contribution in [3.8, 4) is 0 Å². The summed E-state index contributed by atoms with van der Waals surface area (Å²) in [5.41, 5.74) is 1.40. The summed E-state index contributed by atoms with van der Waals surface area (Å²) >= 11 is 0. The highest BCUT2D eigenvalue weighted by Crippen LogP contribution is 2.20. The van der Waals surface area contributed by atoms with Crippen LogP contribution in [0.1, 0.15) is 30.7 Å². The fourth-order valence-corrected chi connectivity index (χ4v) is 3.28. The summed E-state index contributed by atoms with van der Waals surface area (Å²) in [6, 6.07) is 10.7. The van der Waals surface area contributed by atoms with Crippen LogP contribution in [0.25, 0.3) is 0 Å². The number of aromatic nitrogens is 2. The number of nitrogens with zero attached hydrogens (tertiary/aromatic N) is 4. The molecule has 5 heteroatoms. The van der Waals surface area contributed by atoms with Gasteiger partial charge in [0.1, 0.15) is 0 Å². The molecular weight excluding hydrogens is 288 g/mol. The van der Waals surface area contributed by atoms with E-state index in [0.29, 0.717) is 0 Å². The van der Waals surface area contributed by atoms with Gasteiger partial charge >= 0.3 is 0 Å². The van der Waals surface area contributed by atoms with Crippen molar-refractivity contribution in [2.75, 3.05) is 26.7 Å². The molecule has 0 N–H and O–H groups in total. The number of rotatable bonds is 7. The average Bonchev–Trinajstić information content (AvgIpc) is 3.18. The number of likely N-dealkylation sites (tertiary alicyclic amines) is 1. The Morgan fingerprint density at radius 1 is 1.22 bits per heavy atom. The lowest BCUT2D eigenvalue weighted by Gasteiger charge is -2.20. The van der Waals surface area contributed by atoms with Gasteiger partial charge in [-0.05, 0) is 31.5 Å². The zero-order valence-electron chi connectivity index (χ0n) is 14.1. The van der Waals surface area contributed by atoms with Crippen molar-refractivity contribution in [2.24, 2.45) is 5.92 Å². The Balaban J connectivity index is 1.44. The smallest absolute Gasteiger partial charge is 0.230 e. The number of hydrogen-bond acceptors (Lipinski definition) is 5. The number of hydrogen-bond donors (Lipinski definition) is 0. The molecule has 1 atom stereocenters. The van der Waals surface area contributed by atoms with Gasteiger partial charge in [0, 0.05) is 26.1 Å². The molecule has 0 unspecified atom stereocenters. The van der Waals surface area contributed by atoms with Crippen molar-refractivity contribution in [1.29, 1.82) is 0 Å². The molecule has 3 rings (SSSR count). The highest BCUT2D eigenvalue weighted by atomic mass is 16.4. The summed E-state index contributed by atoms with van der Waals surface area (Å²) in [5, 5.41) is 8.13. The van der Waals surface area contributed by atoms with E-state index < -0.39 is 0 Å². The predicted octanol–water partition coefficient (Wildman–Crippen LogP) is 2.59. The molecule has 1 saturated heterocycles. The molecule has 5 nitrogen and oxygen atoms in total. The Kier molecular flexibility index (Phi) is 5.41. The van der Waals surface area contributed by atoms with E-state index >= 15 is 0 Å². The van der Waals surface area contributed by atoms with Crippen molar-refractivity contribution in [3.05, 3.63) is 47.7 Å². The van der Waals surface area contributed by atoms with E-state index in [1.54, 1.807) is 0 Å². The quantitative estimate of drug-likeness (QED) is 0.786. The molecule has 1 aliphatic rings. The molecule has 2 aromatic rings. The normalized spacial score (nSPS) is 18.8. The van der Waals surface area contributed by atoms with Crippen LogP contribution in [-0.4, -0.2) is 46.7 Å². The van der Waals surface area contributed by atoms with E-state index in [1.807, 2.05) is 6.92 Å². The van der Waals surface area contributed by atoms with Gasteiger partial charge in [-0.2, -0.15) is 0 Å². The number of benzene rings is 1. The fourth-order valence-electron chi connectivity index (χ4n) is 3.28. The first-order valence-electron chi connectivity index (χ1n) is 8.49. The third kappa shape index (κ3) is 4.62. The maximum Gasteiger partial charge on any atom is 0.230 e. The van der Waals surface area contributed by atoms with Crippen molar-refractivity contribution in [3.63, 3.8) is 0 Å². The van der Waals surface area contributed by atoms with Crippen LogP contribution in [0.5, 0.6) is 0 Å². The Labute approximate surface area is 138 Å². The summed E-state index contributed by atoms with van der Waals surface area (Å²) in [6.45, 7) is 7.26. The van der Waals surface area contributed by atoms with Gasteiger partial charge in [-0.1, -0.05) is 37.3 Å². The zero-order valence-corrected chi connectivity index (χ0v) is 14.1. The second kappa shape index (κ2) is 7.70. The van der Waals surface area contributed by atoms with Crippen LogP contribution in [0.15, 0.2) is 34.7 Å². The van der Waals surface area contributed by atoms with Gasteiger partial charge in [-0.3, -0.25) is 9.80 Å². The first-order chi connectivity index (χ1) is 11.2. The second-order valence-electron chi connectivity index (χ2n) is 6.52. The maximum atomic E-state index is 5.59. The molecule has 0 amide bonds. The van der Waals surface area contributed by atoms with Crippen LogP contribution < -0.4 is 0 Å². The fraction of sp³-hybridized carbons (Fsp3) is 0.556. The van der Waals surface area contributed by atoms with E-state index in [4.69, 9.17) is 4.42 Å². The molecule has 0 radical (unpaired) electrons. The topological polar surface area (TPSA) is 45.4 Å². The molecule has 0 saturated carbocycles. The first kappa shape index (κ1) is 16.1. The van der Waals surface area contributed by atoms with Gasteiger partial charge in [0.05, 0.1) is 6.54 Å². The molecule has 1 fully saturated rings. The monoisotopic (exact) mass is 314 g/mol. The lowest BCUT2D eigenvalue weighted by atomic mass is 10.1. The summed E-state index contributed by atoms with van der Waals surface area (Å²) in [5.74, 6) is 2.17. The van der Waals surface area contributed by atoms with Crippen molar-refractivity contribution < 1.29 is 4.42 Å². The molecule has 23 heavy (non-hydrogen) atoms. The molecule has 0 aliphatic carbocycles. The van der Waals surface area contributed by atoms with Crippen molar-refractivity contribution >= 4 is 0 Å². The van der Waals surface area contributed by atoms with Crippen molar-refractivity contribution in [1.82, 2.24) is 20.0 Å². The van der Waals surface area contributed by atoms with Crippen LogP contribution in [0, 0.1) is 5.92 Å². The summed E-state index contributed by atoms with van der Waals surface area (Å²) in [6.07, 6.45) is 2.06. The van der Waals surface area contributed by atoms with Gasteiger partial charge < -0.3 is 4.42 Å². The molecule has 2 heterocycles. The second-order valence-corrected chi connectivity index (χ2v) is 6.52. The molecule has 0 spiro atoms. The minimum absolute atomic E-state index is 0.720. The Bertz CT molecular complexity index is 598. The van der Waals surface area contributed by atoms with Gasteiger partial charge in [0.15, 0.2) is 0 Å². The van der Waals surface area contributed by atoms with Crippen LogP contribution in [0.2, 0.25) is 0 Å². The SMILES string of the molecule is CCc1nnc(CN(C)C[C@@H]2CCN(Cc3ccccc3)C2)o1. The summed E-state index contributed by atoms with van der Waals surface area (Å²) in [4.78, 5) is 4.85. The van der Waals surface area contributed by atoms with E-state index in [-0.39, 0.29) is 0 Å². The minimum Gasteiger partial charge on any atom is -0.424 e. The zero-order chi connectivity index (χ0) is 16.1. The van der Waals surface area contributed by atoms with Crippen LogP contribution in [-0.2, 0) is 19.5 Å². The molecule has 1 aromatic heterocycles. The third-order valence-corrected chi connectivity index (χ3v) is 4.41. The van der Waals surface area contributed by atoms with Crippen molar-refractivity contribution in [2.45, 2.75) is 32.9 Å². The standard InChI is InChI=1S/C18H26N4O/c1-3-17-19-20-18(23-17)14-21(2)11-16-9-10-22(13-16)12-15-7-5-4-6-8-15/h4-8,16H,3,9-14H2,1-2H3/t16-/m0/s1. The van der Waals surface area contributed by atoms with Gasteiger partial charge in [-0.15, -0.1) is 10.2 Å². The van der Waals surface area contributed by atoms with Crippen LogP contribution in [0.3, 0.4) is 0 Å². The Hall–Kier alpha value is -1.72. The largest absolute Gasteiger partial charge is 0.424 e. The molecule has 1 aromatic carbocycles. The molecule has 124 valence electrons. The van der Waals surface area contributed by atoms with Crippen LogP contribution >= 0.6 is 0 Å². The maximum absolute atomic E-state index is 5.59. The van der Waals surface area contributed by atoms with Crippen LogP contribution in [0.4, 0.5) is 0 Å². The van der Waals surface area contributed by atoms with E-state index in [0.717, 1.165) is 43.8 Å². The molecular formula is C18H26N4O. The Morgan fingerprint density at radius 3 is 2.74 bits per heavy atom. The average molecular weight is 314 g/mol. The van der Waals surface area contributed by atoms with Gasteiger partial charge in [0.25, 0.3) is 0 Å². The lowest BCUT2D eigenvalue weighted by Crippen LogP contribution is -2.28. The molecule has 1 aliphatic heterocycles. The summed E-state index contributed by atoms with van der Waals surface area (Å²) < 4.78 is 5.59. The number of aryl methyl sites for hydroxylation is 1. The van der Waals surface area contributed by atoms with E-state index in [1.165, 1.54) is 25.1 Å². The highest BCUT2D eigenvalue weighted by Gasteiger charge is 2.24. The van der Waals surface area contributed by atoms with Gasteiger partial charge in [-0.25, -0.2) is 0 Å². The minimum atomic E-state index is 0.720. The van der Waals surface area contributed by atoms with E-state index in [2.05, 4.69) is 57.4 Å². The summed E-state index contributed by atoms with van der Waals surface area (Å²) in [7, 11) is 2.13. The van der Waals surface area contributed by atoms with E-state index in [9.17, 15) is 0 Å².